The Bertz CT molecular complexity index is 175. The highest BCUT2D eigenvalue weighted by Crippen LogP contribution is 2.21. The minimum Gasteiger partial charge on any atom is -0.396 e. The zero-order valence-corrected chi connectivity index (χ0v) is 10.9. The Morgan fingerprint density at radius 2 is 2.12 bits per heavy atom. The van der Waals surface area contributed by atoms with Gasteiger partial charge in [-0.2, -0.15) is 0 Å². The first kappa shape index (κ1) is 13.9. The Morgan fingerprint density at radius 1 is 1.31 bits per heavy atom. The monoisotopic (exact) mass is 228 g/mol. The lowest BCUT2D eigenvalue weighted by atomic mass is 9.87. The number of rotatable bonds is 6. The second-order valence-electron chi connectivity index (χ2n) is 5.75. The van der Waals surface area contributed by atoms with Crippen LogP contribution in [0.4, 0.5) is 0 Å². The molecule has 1 heterocycles. The Hall–Kier alpha value is -0.120. The van der Waals surface area contributed by atoms with Crippen molar-refractivity contribution in [1.29, 1.82) is 0 Å². The standard InChI is InChI=1S/C13H28N2O/c1-13(2,7-4-10-16)11-15-12-5-3-8-14-9-6-12/h12,14-16H,3-11H2,1-2H3. The molecular formula is C13H28N2O. The fraction of sp³-hybridized carbons (Fsp3) is 1.00. The molecule has 0 bridgehead atoms. The van der Waals surface area contributed by atoms with Crippen molar-refractivity contribution in [3.8, 4) is 0 Å². The van der Waals surface area contributed by atoms with Gasteiger partial charge in [-0.05, 0) is 50.6 Å². The first-order chi connectivity index (χ1) is 7.64. The molecule has 3 heteroatoms. The second-order valence-corrected chi connectivity index (χ2v) is 5.75. The van der Waals surface area contributed by atoms with E-state index in [0.29, 0.717) is 18.1 Å². The molecule has 0 spiro atoms. The lowest BCUT2D eigenvalue weighted by Gasteiger charge is -2.28. The van der Waals surface area contributed by atoms with E-state index >= 15 is 0 Å². The molecule has 1 fully saturated rings. The smallest absolute Gasteiger partial charge is 0.0431 e. The fourth-order valence-corrected chi connectivity index (χ4v) is 2.29. The molecule has 0 aromatic rings. The molecule has 3 N–H and O–H groups in total. The molecule has 0 saturated carbocycles. The van der Waals surface area contributed by atoms with Crippen LogP contribution in [-0.4, -0.2) is 37.4 Å². The summed E-state index contributed by atoms with van der Waals surface area (Å²) in [6.07, 6.45) is 5.84. The minimum atomic E-state index is 0.308. The average Bonchev–Trinajstić information content (AvgIpc) is 2.52. The normalized spacial score (nSPS) is 23.1. The molecule has 96 valence electrons. The van der Waals surface area contributed by atoms with Gasteiger partial charge < -0.3 is 15.7 Å². The first-order valence-corrected chi connectivity index (χ1v) is 6.69. The van der Waals surface area contributed by atoms with Crippen LogP contribution in [0.15, 0.2) is 0 Å². The highest BCUT2D eigenvalue weighted by atomic mass is 16.2. The van der Waals surface area contributed by atoms with Crippen molar-refractivity contribution in [3.63, 3.8) is 0 Å². The molecule has 0 aliphatic carbocycles. The quantitative estimate of drug-likeness (QED) is 0.646. The summed E-state index contributed by atoms with van der Waals surface area (Å²) in [7, 11) is 0. The van der Waals surface area contributed by atoms with Crippen LogP contribution < -0.4 is 10.6 Å². The highest BCUT2D eigenvalue weighted by Gasteiger charge is 2.19. The summed E-state index contributed by atoms with van der Waals surface area (Å²) in [5.74, 6) is 0. The third-order valence-corrected chi connectivity index (χ3v) is 3.46. The largest absolute Gasteiger partial charge is 0.396 e. The van der Waals surface area contributed by atoms with Gasteiger partial charge in [0.1, 0.15) is 0 Å². The van der Waals surface area contributed by atoms with Gasteiger partial charge in [0.15, 0.2) is 0 Å². The fourth-order valence-electron chi connectivity index (χ4n) is 2.29. The number of aliphatic hydroxyl groups excluding tert-OH is 1. The summed E-state index contributed by atoms with van der Waals surface area (Å²) in [5.41, 5.74) is 0.308. The van der Waals surface area contributed by atoms with Crippen molar-refractivity contribution in [3.05, 3.63) is 0 Å². The summed E-state index contributed by atoms with van der Waals surface area (Å²) < 4.78 is 0. The maximum atomic E-state index is 8.86. The van der Waals surface area contributed by atoms with Gasteiger partial charge in [0.2, 0.25) is 0 Å². The highest BCUT2D eigenvalue weighted by molar-refractivity contribution is 4.77. The second kappa shape index (κ2) is 7.25. The van der Waals surface area contributed by atoms with Gasteiger partial charge in [0, 0.05) is 19.2 Å². The Balaban J connectivity index is 2.20. The van der Waals surface area contributed by atoms with E-state index in [1.54, 1.807) is 0 Å². The van der Waals surface area contributed by atoms with Gasteiger partial charge in [-0.3, -0.25) is 0 Å². The van der Waals surface area contributed by atoms with Crippen molar-refractivity contribution in [2.45, 2.75) is 52.0 Å². The molecule has 1 aliphatic heterocycles. The molecule has 0 aromatic heterocycles. The molecular weight excluding hydrogens is 200 g/mol. The minimum absolute atomic E-state index is 0.308. The van der Waals surface area contributed by atoms with E-state index in [4.69, 9.17) is 5.11 Å². The zero-order chi connectivity index (χ0) is 11.9. The Morgan fingerprint density at radius 3 is 2.88 bits per heavy atom. The molecule has 0 radical (unpaired) electrons. The van der Waals surface area contributed by atoms with Crippen molar-refractivity contribution in [2.75, 3.05) is 26.2 Å². The molecule has 3 nitrogen and oxygen atoms in total. The number of hydrogen-bond donors (Lipinski definition) is 3. The maximum absolute atomic E-state index is 8.86. The Labute approximate surface area is 100 Å². The predicted octanol–water partition coefficient (Wildman–Crippen LogP) is 1.52. The molecule has 1 aliphatic rings. The third kappa shape index (κ3) is 5.83. The van der Waals surface area contributed by atoms with Gasteiger partial charge >= 0.3 is 0 Å². The third-order valence-electron chi connectivity index (χ3n) is 3.46. The van der Waals surface area contributed by atoms with Crippen LogP contribution in [0.5, 0.6) is 0 Å². The summed E-state index contributed by atoms with van der Waals surface area (Å²) in [5, 5.41) is 16.0. The van der Waals surface area contributed by atoms with Crippen molar-refractivity contribution < 1.29 is 5.11 Å². The molecule has 1 unspecified atom stereocenters. The van der Waals surface area contributed by atoms with Crippen molar-refractivity contribution in [2.24, 2.45) is 5.41 Å². The molecule has 16 heavy (non-hydrogen) atoms. The van der Waals surface area contributed by atoms with Crippen LogP contribution in [-0.2, 0) is 0 Å². The van der Waals surface area contributed by atoms with E-state index in [-0.39, 0.29) is 0 Å². The van der Waals surface area contributed by atoms with E-state index in [1.165, 1.54) is 25.8 Å². The maximum Gasteiger partial charge on any atom is 0.0431 e. The van der Waals surface area contributed by atoms with Gasteiger partial charge in [-0.25, -0.2) is 0 Å². The van der Waals surface area contributed by atoms with Crippen LogP contribution >= 0.6 is 0 Å². The Kier molecular flexibility index (Phi) is 6.32. The van der Waals surface area contributed by atoms with E-state index in [2.05, 4.69) is 24.5 Å². The lowest BCUT2D eigenvalue weighted by molar-refractivity contribution is 0.230. The van der Waals surface area contributed by atoms with E-state index in [0.717, 1.165) is 25.9 Å². The van der Waals surface area contributed by atoms with Gasteiger partial charge in [-0.15, -0.1) is 0 Å². The van der Waals surface area contributed by atoms with Gasteiger partial charge in [-0.1, -0.05) is 13.8 Å². The molecule has 1 atom stereocenters. The van der Waals surface area contributed by atoms with Gasteiger partial charge in [0.25, 0.3) is 0 Å². The van der Waals surface area contributed by atoms with Crippen LogP contribution in [0.25, 0.3) is 0 Å². The number of hydrogen-bond acceptors (Lipinski definition) is 3. The van der Waals surface area contributed by atoms with Crippen molar-refractivity contribution >= 4 is 0 Å². The SMILES string of the molecule is CC(C)(CCCO)CNC1CCCNCC1. The lowest BCUT2D eigenvalue weighted by Crippen LogP contribution is -2.37. The van der Waals surface area contributed by atoms with E-state index in [9.17, 15) is 0 Å². The van der Waals surface area contributed by atoms with E-state index < -0.39 is 0 Å². The molecule has 0 amide bonds. The molecule has 1 saturated heterocycles. The first-order valence-electron chi connectivity index (χ1n) is 6.69. The molecule has 0 aromatic carbocycles. The van der Waals surface area contributed by atoms with Crippen molar-refractivity contribution in [1.82, 2.24) is 10.6 Å². The summed E-state index contributed by atoms with van der Waals surface area (Å²) in [4.78, 5) is 0. The topological polar surface area (TPSA) is 44.3 Å². The summed E-state index contributed by atoms with van der Waals surface area (Å²) in [6.45, 7) is 8.27. The van der Waals surface area contributed by atoms with Crippen LogP contribution in [0, 0.1) is 5.41 Å². The van der Waals surface area contributed by atoms with E-state index in [1.807, 2.05) is 0 Å². The average molecular weight is 228 g/mol. The zero-order valence-electron chi connectivity index (χ0n) is 10.9. The van der Waals surface area contributed by atoms with Gasteiger partial charge in [0.05, 0.1) is 0 Å². The summed E-state index contributed by atoms with van der Waals surface area (Å²) >= 11 is 0. The van der Waals surface area contributed by atoms with Crippen LogP contribution in [0.2, 0.25) is 0 Å². The van der Waals surface area contributed by atoms with Crippen LogP contribution in [0.1, 0.15) is 46.0 Å². The predicted molar refractivity (Wildman–Crippen MR) is 68.6 cm³/mol. The van der Waals surface area contributed by atoms with Crippen LogP contribution in [0.3, 0.4) is 0 Å². The number of aliphatic hydroxyl groups is 1. The molecule has 1 rings (SSSR count). The number of nitrogens with one attached hydrogen (secondary N) is 2. The summed E-state index contributed by atoms with van der Waals surface area (Å²) in [6, 6.07) is 0.684.